The highest BCUT2D eigenvalue weighted by atomic mass is 16.5. The first-order valence-corrected chi connectivity index (χ1v) is 4.62. The molecule has 1 fully saturated rings. The molecule has 15 heavy (non-hydrogen) atoms. The Kier molecular flexibility index (Phi) is 2.93. The molecule has 1 aromatic rings. The molecule has 1 atom stereocenters. The first kappa shape index (κ1) is 10.1. The number of ether oxygens (including phenoxy) is 1. The van der Waals surface area contributed by atoms with Crippen LogP contribution >= 0.6 is 0 Å². The summed E-state index contributed by atoms with van der Waals surface area (Å²) < 4.78 is 10.0. The van der Waals surface area contributed by atoms with Crippen LogP contribution in [0.5, 0.6) is 0 Å². The van der Waals surface area contributed by atoms with Gasteiger partial charge in [-0.1, -0.05) is 0 Å². The molecule has 0 amide bonds. The van der Waals surface area contributed by atoms with Crippen molar-refractivity contribution in [3.8, 4) is 0 Å². The van der Waals surface area contributed by atoms with E-state index in [1.165, 1.54) is 0 Å². The summed E-state index contributed by atoms with van der Waals surface area (Å²) in [6.45, 7) is 2.05. The van der Waals surface area contributed by atoms with Crippen LogP contribution < -0.4 is 5.32 Å². The number of aromatic carboxylic acids is 1. The Morgan fingerprint density at radius 1 is 1.67 bits per heavy atom. The Morgan fingerprint density at radius 2 is 2.53 bits per heavy atom. The fourth-order valence-electron chi connectivity index (χ4n) is 1.39. The zero-order valence-electron chi connectivity index (χ0n) is 7.97. The van der Waals surface area contributed by atoms with Gasteiger partial charge in [-0.15, -0.1) is 0 Å². The second-order valence-electron chi connectivity index (χ2n) is 3.25. The van der Waals surface area contributed by atoms with E-state index in [2.05, 4.69) is 15.5 Å². The van der Waals surface area contributed by atoms with Gasteiger partial charge in [0.05, 0.1) is 13.2 Å². The quantitative estimate of drug-likeness (QED) is 0.685. The molecule has 0 aromatic carbocycles. The second kappa shape index (κ2) is 4.37. The van der Waals surface area contributed by atoms with Crippen LogP contribution in [0.15, 0.2) is 4.52 Å². The van der Waals surface area contributed by atoms with Crippen LogP contribution in [0.25, 0.3) is 0 Å². The average Bonchev–Trinajstić information content (AvgIpc) is 2.68. The van der Waals surface area contributed by atoms with E-state index < -0.39 is 5.97 Å². The molecule has 2 rings (SSSR count). The van der Waals surface area contributed by atoms with Gasteiger partial charge in [-0.2, -0.15) is 4.98 Å². The summed E-state index contributed by atoms with van der Waals surface area (Å²) in [7, 11) is 0. The van der Waals surface area contributed by atoms with Crippen molar-refractivity contribution in [1.82, 2.24) is 15.5 Å². The van der Waals surface area contributed by atoms with E-state index >= 15 is 0 Å². The predicted molar refractivity (Wildman–Crippen MR) is 47.6 cm³/mol. The molecule has 1 unspecified atom stereocenters. The Bertz CT molecular complexity index is 345. The molecule has 0 aliphatic carbocycles. The minimum atomic E-state index is -1.18. The lowest BCUT2D eigenvalue weighted by Gasteiger charge is -2.22. The van der Waals surface area contributed by atoms with Gasteiger partial charge in [-0.3, -0.25) is 0 Å². The van der Waals surface area contributed by atoms with Gasteiger partial charge in [0.2, 0.25) is 5.89 Å². The number of morpholine rings is 1. The molecule has 2 heterocycles. The molecule has 1 aromatic heterocycles. The Labute approximate surface area is 85.4 Å². The Hall–Kier alpha value is -1.47. The van der Waals surface area contributed by atoms with Crippen molar-refractivity contribution >= 4 is 5.97 Å². The van der Waals surface area contributed by atoms with E-state index in [9.17, 15) is 4.79 Å². The summed E-state index contributed by atoms with van der Waals surface area (Å²) >= 11 is 0. The lowest BCUT2D eigenvalue weighted by atomic mass is 10.2. The van der Waals surface area contributed by atoms with Crippen molar-refractivity contribution in [1.29, 1.82) is 0 Å². The third-order valence-electron chi connectivity index (χ3n) is 2.08. The predicted octanol–water partition coefficient (Wildman–Crippen LogP) is -0.701. The third kappa shape index (κ3) is 2.51. The number of carbonyl (C=O) groups is 1. The zero-order chi connectivity index (χ0) is 10.7. The van der Waals surface area contributed by atoms with Crippen LogP contribution in [0.1, 0.15) is 16.5 Å². The average molecular weight is 213 g/mol. The van der Waals surface area contributed by atoms with Crippen LogP contribution in [-0.2, 0) is 11.2 Å². The molecule has 82 valence electrons. The first-order valence-electron chi connectivity index (χ1n) is 4.62. The van der Waals surface area contributed by atoms with E-state index in [-0.39, 0.29) is 11.9 Å². The summed E-state index contributed by atoms with van der Waals surface area (Å²) in [6, 6.07) is 0.112. The van der Waals surface area contributed by atoms with E-state index in [0.717, 1.165) is 6.54 Å². The SMILES string of the molecule is O=C(O)c1noc(CC2COCCN2)n1. The number of hydrogen-bond acceptors (Lipinski definition) is 6. The maximum atomic E-state index is 10.5. The zero-order valence-corrected chi connectivity index (χ0v) is 7.97. The molecule has 7 nitrogen and oxygen atoms in total. The lowest BCUT2D eigenvalue weighted by molar-refractivity contribution is 0.0680. The summed E-state index contributed by atoms with van der Waals surface area (Å²) in [5.74, 6) is -1.17. The van der Waals surface area contributed by atoms with Crippen molar-refractivity contribution < 1.29 is 19.2 Å². The molecule has 0 spiro atoms. The van der Waals surface area contributed by atoms with Gasteiger partial charge in [-0.25, -0.2) is 4.79 Å². The summed E-state index contributed by atoms with van der Waals surface area (Å²) in [5.41, 5.74) is 0. The second-order valence-corrected chi connectivity index (χ2v) is 3.25. The van der Waals surface area contributed by atoms with Gasteiger partial charge in [0.25, 0.3) is 5.82 Å². The maximum absolute atomic E-state index is 10.5. The topological polar surface area (TPSA) is 97.5 Å². The Balaban J connectivity index is 1.94. The van der Waals surface area contributed by atoms with E-state index in [0.29, 0.717) is 25.5 Å². The number of hydrogen-bond donors (Lipinski definition) is 2. The van der Waals surface area contributed by atoms with Gasteiger partial charge >= 0.3 is 5.97 Å². The minimum absolute atomic E-state index is 0.112. The van der Waals surface area contributed by atoms with Crippen LogP contribution in [-0.4, -0.2) is 47.0 Å². The monoisotopic (exact) mass is 213 g/mol. The van der Waals surface area contributed by atoms with Crippen molar-refractivity contribution in [3.05, 3.63) is 11.7 Å². The molecule has 0 radical (unpaired) electrons. The lowest BCUT2D eigenvalue weighted by Crippen LogP contribution is -2.42. The minimum Gasteiger partial charge on any atom is -0.475 e. The van der Waals surface area contributed by atoms with Crippen molar-refractivity contribution in [2.75, 3.05) is 19.8 Å². The number of aromatic nitrogens is 2. The van der Waals surface area contributed by atoms with E-state index in [4.69, 9.17) is 14.4 Å². The van der Waals surface area contributed by atoms with Crippen LogP contribution in [0.3, 0.4) is 0 Å². The highest BCUT2D eigenvalue weighted by molar-refractivity contribution is 5.82. The highest BCUT2D eigenvalue weighted by Crippen LogP contribution is 2.04. The third-order valence-corrected chi connectivity index (χ3v) is 2.08. The largest absolute Gasteiger partial charge is 0.475 e. The van der Waals surface area contributed by atoms with Crippen molar-refractivity contribution in [2.45, 2.75) is 12.5 Å². The number of nitrogens with one attached hydrogen (secondary N) is 1. The number of nitrogens with zero attached hydrogens (tertiary/aromatic N) is 2. The summed E-state index contributed by atoms with van der Waals surface area (Å²) in [4.78, 5) is 14.2. The molecule has 0 bridgehead atoms. The molecule has 1 aliphatic rings. The summed E-state index contributed by atoms with van der Waals surface area (Å²) in [5, 5.41) is 15.1. The van der Waals surface area contributed by atoms with Gasteiger partial charge in [0.1, 0.15) is 0 Å². The van der Waals surface area contributed by atoms with Crippen LogP contribution in [0, 0.1) is 0 Å². The summed E-state index contributed by atoms with van der Waals surface area (Å²) in [6.07, 6.45) is 0.486. The van der Waals surface area contributed by atoms with Crippen molar-refractivity contribution in [2.24, 2.45) is 0 Å². The molecular formula is C8H11N3O4. The van der Waals surface area contributed by atoms with Crippen molar-refractivity contribution in [3.63, 3.8) is 0 Å². The molecule has 2 N–H and O–H groups in total. The fraction of sp³-hybridized carbons (Fsp3) is 0.625. The maximum Gasteiger partial charge on any atom is 0.377 e. The number of carboxylic acid groups (broad SMARTS) is 1. The normalized spacial score (nSPS) is 21.5. The van der Waals surface area contributed by atoms with Gasteiger partial charge in [-0.05, 0) is 5.16 Å². The van der Waals surface area contributed by atoms with Gasteiger partial charge < -0.3 is 19.7 Å². The number of rotatable bonds is 3. The smallest absolute Gasteiger partial charge is 0.377 e. The highest BCUT2D eigenvalue weighted by Gasteiger charge is 2.19. The molecular weight excluding hydrogens is 202 g/mol. The Morgan fingerprint density at radius 3 is 3.13 bits per heavy atom. The molecule has 1 saturated heterocycles. The first-order chi connectivity index (χ1) is 7.25. The fourth-order valence-corrected chi connectivity index (χ4v) is 1.39. The van der Waals surface area contributed by atoms with Gasteiger partial charge in [0, 0.05) is 19.0 Å². The molecule has 7 heteroatoms. The van der Waals surface area contributed by atoms with E-state index in [1.54, 1.807) is 0 Å². The van der Waals surface area contributed by atoms with Crippen LogP contribution in [0.4, 0.5) is 0 Å². The standard InChI is InChI=1S/C8H11N3O4/c12-8(13)7-10-6(15-11-7)3-5-4-14-2-1-9-5/h5,9H,1-4H2,(H,12,13). The van der Waals surface area contributed by atoms with Gasteiger partial charge in [0.15, 0.2) is 0 Å². The molecule has 1 aliphatic heterocycles. The number of carboxylic acids is 1. The van der Waals surface area contributed by atoms with E-state index in [1.807, 2.05) is 0 Å². The molecule has 0 saturated carbocycles. The van der Waals surface area contributed by atoms with Crippen LogP contribution in [0.2, 0.25) is 0 Å².